The summed E-state index contributed by atoms with van der Waals surface area (Å²) in [5.41, 5.74) is 0.678. The van der Waals surface area contributed by atoms with E-state index in [1.54, 1.807) is 34.8 Å². The fourth-order valence-electron chi connectivity index (χ4n) is 1.67. The van der Waals surface area contributed by atoms with E-state index in [0.717, 1.165) is 0 Å². The van der Waals surface area contributed by atoms with Gasteiger partial charge >= 0.3 is 0 Å². The number of pyridine rings is 1. The van der Waals surface area contributed by atoms with Crippen molar-refractivity contribution in [2.45, 2.75) is 6.61 Å². The number of hydrogen-bond donors (Lipinski definition) is 1. The van der Waals surface area contributed by atoms with E-state index in [4.69, 9.17) is 21.4 Å². The Kier molecular flexibility index (Phi) is 2.97. The fraction of sp³-hybridized carbons (Fsp3) is 0.0769. The van der Waals surface area contributed by atoms with E-state index in [1.807, 2.05) is 12.1 Å². The van der Waals surface area contributed by atoms with Gasteiger partial charge in [0.1, 0.15) is 23.3 Å². The van der Waals surface area contributed by atoms with Crippen LogP contribution in [-0.2, 0) is 6.61 Å². The number of hydrogen-bond acceptors (Lipinski definition) is 4. The number of ether oxygens (including phenoxy) is 1. The highest BCUT2D eigenvalue weighted by Crippen LogP contribution is 2.17. The van der Waals surface area contributed by atoms with Crippen LogP contribution in [0.25, 0.3) is 5.65 Å². The zero-order valence-electron chi connectivity index (χ0n) is 9.82. The molecule has 0 unspecified atom stereocenters. The highest BCUT2D eigenvalue weighted by atomic mass is 35.5. The first kappa shape index (κ1) is 11.8. The van der Waals surface area contributed by atoms with Gasteiger partial charge in [0.2, 0.25) is 0 Å². The molecule has 1 N–H and O–H groups in total. The van der Waals surface area contributed by atoms with Gasteiger partial charge in [-0.25, -0.2) is 9.50 Å². The molecule has 96 valence electrons. The maximum atomic E-state index is 9.17. The van der Waals surface area contributed by atoms with Crippen LogP contribution in [-0.4, -0.2) is 19.7 Å². The summed E-state index contributed by atoms with van der Waals surface area (Å²) in [6.45, 7) is 0.239. The van der Waals surface area contributed by atoms with E-state index in [-0.39, 0.29) is 12.4 Å². The summed E-state index contributed by atoms with van der Waals surface area (Å²) in [5.74, 6) is 1.38. The minimum atomic E-state index is 0.199. The van der Waals surface area contributed by atoms with Gasteiger partial charge in [0.05, 0.1) is 0 Å². The zero-order chi connectivity index (χ0) is 13.2. The molecular formula is C13H10ClN3O2. The van der Waals surface area contributed by atoms with E-state index in [2.05, 4.69) is 10.1 Å². The molecule has 3 aromatic rings. The number of aromatic nitrogens is 3. The highest BCUT2D eigenvalue weighted by molar-refractivity contribution is 6.29. The van der Waals surface area contributed by atoms with Gasteiger partial charge in [0.15, 0.2) is 11.5 Å². The van der Waals surface area contributed by atoms with Crippen LogP contribution >= 0.6 is 11.6 Å². The molecule has 0 aliphatic rings. The van der Waals surface area contributed by atoms with Crippen molar-refractivity contribution in [1.82, 2.24) is 14.6 Å². The quantitative estimate of drug-likeness (QED) is 0.747. The maximum absolute atomic E-state index is 9.17. The second-order valence-electron chi connectivity index (χ2n) is 3.93. The van der Waals surface area contributed by atoms with Crippen LogP contribution in [0.4, 0.5) is 0 Å². The molecule has 1 aromatic carbocycles. The fourth-order valence-corrected chi connectivity index (χ4v) is 1.87. The number of nitrogens with zero attached hydrogens (tertiary/aromatic N) is 3. The molecule has 2 aromatic heterocycles. The third kappa shape index (κ3) is 2.46. The molecule has 3 rings (SSSR count). The molecule has 0 atom stereocenters. The molecule has 0 amide bonds. The van der Waals surface area contributed by atoms with Crippen molar-refractivity contribution >= 4 is 17.2 Å². The summed E-state index contributed by atoms with van der Waals surface area (Å²) in [7, 11) is 0. The number of halogens is 1. The van der Waals surface area contributed by atoms with Crippen LogP contribution in [0.1, 0.15) is 5.82 Å². The third-order valence-corrected chi connectivity index (χ3v) is 2.85. The summed E-state index contributed by atoms with van der Waals surface area (Å²) in [4.78, 5) is 4.30. The minimum absolute atomic E-state index is 0.199. The molecule has 5 nitrogen and oxygen atoms in total. The van der Waals surface area contributed by atoms with Crippen molar-refractivity contribution in [3.05, 3.63) is 53.4 Å². The van der Waals surface area contributed by atoms with E-state index in [9.17, 15) is 0 Å². The Bertz CT molecular complexity index is 709. The van der Waals surface area contributed by atoms with Gasteiger partial charge < -0.3 is 9.84 Å². The Morgan fingerprint density at radius 2 is 1.95 bits per heavy atom. The first-order valence-corrected chi connectivity index (χ1v) is 6.02. The molecule has 2 heterocycles. The highest BCUT2D eigenvalue weighted by Gasteiger charge is 2.06. The lowest BCUT2D eigenvalue weighted by Crippen LogP contribution is -1.98. The Morgan fingerprint density at radius 3 is 2.68 bits per heavy atom. The van der Waals surface area contributed by atoms with Gasteiger partial charge in [0.25, 0.3) is 0 Å². The number of phenols is 1. The van der Waals surface area contributed by atoms with Crippen LogP contribution in [0, 0.1) is 0 Å². The predicted octanol–water partition coefficient (Wildman–Crippen LogP) is 2.67. The Labute approximate surface area is 114 Å². The molecular weight excluding hydrogens is 266 g/mol. The van der Waals surface area contributed by atoms with Crippen LogP contribution in [0.5, 0.6) is 11.5 Å². The van der Waals surface area contributed by atoms with Crippen LogP contribution in [0.3, 0.4) is 0 Å². The molecule has 6 heteroatoms. The second kappa shape index (κ2) is 4.78. The smallest absolute Gasteiger partial charge is 0.189 e. The normalized spacial score (nSPS) is 10.8. The summed E-state index contributed by atoms with van der Waals surface area (Å²) >= 11 is 6.00. The molecule has 0 bridgehead atoms. The van der Waals surface area contributed by atoms with Crippen molar-refractivity contribution in [3.63, 3.8) is 0 Å². The molecule has 0 saturated carbocycles. The average Bonchev–Trinajstić information content (AvgIpc) is 2.83. The van der Waals surface area contributed by atoms with Crippen molar-refractivity contribution in [2.75, 3.05) is 0 Å². The average molecular weight is 276 g/mol. The number of aromatic hydroxyl groups is 1. The predicted molar refractivity (Wildman–Crippen MR) is 70.4 cm³/mol. The number of rotatable bonds is 3. The van der Waals surface area contributed by atoms with Gasteiger partial charge in [-0.05, 0) is 36.4 Å². The Hall–Kier alpha value is -2.27. The van der Waals surface area contributed by atoms with Crippen LogP contribution in [0.2, 0.25) is 5.15 Å². The van der Waals surface area contributed by atoms with E-state index >= 15 is 0 Å². The maximum Gasteiger partial charge on any atom is 0.189 e. The molecule has 0 spiro atoms. The molecule has 0 saturated heterocycles. The number of benzene rings is 1. The summed E-state index contributed by atoms with van der Waals surface area (Å²) in [5, 5.41) is 13.9. The summed E-state index contributed by atoms with van der Waals surface area (Å²) < 4.78 is 7.08. The van der Waals surface area contributed by atoms with Gasteiger partial charge in [0, 0.05) is 0 Å². The first-order valence-electron chi connectivity index (χ1n) is 5.64. The van der Waals surface area contributed by atoms with E-state index in [1.165, 1.54) is 0 Å². The van der Waals surface area contributed by atoms with E-state index < -0.39 is 0 Å². The largest absolute Gasteiger partial charge is 0.508 e. The third-order valence-electron chi connectivity index (χ3n) is 2.56. The molecule has 19 heavy (non-hydrogen) atoms. The topological polar surface area (TPSA) is 59.7 Å². The molecule has 0 radical (unpaired) electrons. The van der Waals surface area contributed by atoms with E-state index in [0.29, 0.717) is 22.4 Å². The zero-order valence-corrected chi connectivity index (χ0v) is 10.6. The van der Waals surface area contributed by atoms with Gasteiger partial charge in [-0.1, -0.05) is 17.7 Å². The van der Waals surface area contributed by atoms with Gasteiger partial charge in [-0.2, -0.15) is 0 Å². The van der Waals surface area contributed by atoms with Crippen molar-refractivity contribution in [1.29, 1.82) is 0 Å². The Morgan fingerprint density at radius 1 is 1.16 bits per heavy atom. The van der Waals surface area contributed by atoms with Gasteiger partial charge in [-0.3, -0.25) is 0 Å². The summed E-state index contributed by atoms with van der Waals surface area (Å²) in [6.07, 6.45) is 0. The number of fused-ring (bicyclic) bond motifs is 1. The monoisotopic (exact) mass is 275 g/mol. The van der Waals surface area contributed by atoms with Crippen molar-refractivity contribution in [3.8, 4) is 11.5 Å². The lowest BCUT2D eigenvalue weighted by molar-refractivity contribution is 0.295. The lowest BCUT2D eigenvalue weighted by Gasteiger charge is -2.02. The van der Waals surface area contributed by atoms with Gasteiger partial charge in [-0.15, -0.1) is 5.10 Å². The van der Waals surface area contributed by atoms with Crippen LogP contribution in [0.15, 0.2) is 42.5 Å². The van der Waals surface area contributed by atoms with Crippen LogP contribution < -0.4 is 4.74 Å². The number of phenolic OH excluding ortho intramolecular Hbond substituents is 1. The Balaban J connectivity index is 1.78. The molecule has 0 aliphatic heterocycles. The lowest BCUT2D eigenvalue weighted by atomic mass is 10.3. The first-order chi connectivity index (χ1) is 9.22. The SMILES string of the molecule is Oc1ccc(OCc2nc3cccc(Cl)n3n2)cc1. The molecule has 0 fully saturated rings. The van der Waals surface area contributed by atoms with Crippen molar-refractivity contribution < 1.29 is 9.84 Å². The standard InChI is InChI=1S/C13H10ClN3O2/c14-11-2-1-3-13-15-12(16-17(11)13)8-19-10-6-4-9(18)5-7-10/h1-7,18H,8H2. The summed E-state index contributed by atoms with van der Waals surface area (Å²) in [6, 6.07) is 11.9. The minimum Gasteiger partial charge on any atom is -0.508 e. The molecule has 0 aliphatic carbocycles. The van der Waals surface area contributed by atoms with Crippen molar-refractivity contribution in [2.24, 2.45) is 0 Å². The second-order valence-corrected chi connectivity index (χ2v) is 4.32.